The second kappa shape index (κ2) is 7.66. The third-order valence-corrected chi connectivity index (χ3v) is 4.26. The van der Waals surface area contributed by atoms with E-state index in [0.717, 1.165) is 5.56 Å². The molecule has 0 heterocycles. The van der Waals surface area contributed by atoms with E-state index >= 15 is 0 Å². The topological polar surface area (TPSA) is 64.6 Å². The first-order valence-corrected chi connectivity index (χ1v) is 8.70. The first kappa shape index (κ1) is 17.8. The normalized spacial score (nSPS) is 11.7. The molecule has 5 nitrogen and oxygen atoms in total. The molecule has 21 heavy (non-hydrogen) atoms. The van der Waals surface area contributed by atoms with Gasteiger partial charge in [-0.2, -0.15) is 0 Å². The molecule has 0 amide bonds. The summed E-state index contributed by atoms with van der Waals surface area (Å²) in [5.41, 5.74) is 0.850. The maximum atomic E-state index is 12.5. The molecular weight excluding hydrogens is 290 g/mol. The predicted molar refractivity (Wildman–Crippen MR) is 83.5 cm³/mol. The van der Waals surface area contributed by atoms with Crippen LogP contribution < -0.4 is 14.2 Å². The van der Waals surface area contributed by atoms with Crippen LogP contribution in [-0.4, -0.2) is 28.2 Å². The number of nitrogens with one attached hydrogen (secondary N) is 1. The molecule has 0 spiro atoms. The van der Waals surface area contributed by atoms with Crippen molar-refractivity contribution >= 4 is 10.0 Å². The number of sulfonamides is 1. The van der Waals surface area contributed by atoms with E-state index in [1.165, 1.54) is 6.07 Å². The number of ether oxygens (including phenoxy) is 2. The van der Waals surface area contributed by atoms with Gasteiger partial charge in [-0.3, -0.25) is 0 Å². The van der Waals surface area contributed by atoms with E-state index in [0.29, 0.717) is 31.3 Å². The molecule has 0 fully saturated rings. The first-order chi connectivity index (χ1) is 9.81. The Morgan fingerprint density at radius 1 is 1.10 bits per heavy atom. The standard InChI is InChI=1S/C15H25NO4S/c1-6-19-13-9-15(14(20-7-2)8-12(13)5)21(17,18)16-10-11(3)4/h8-9,11,16H,6-7,10H2,1-5H3. The van der Waals surface area contributed by atoms with Gasteiger partial charge in [-0.25, -0.2) is 13.1 Å². The largest absolute Gasteiger partial charge is 0.494 e. The Labute approximate surface area is 127 Å². The molecule has 0 atom stereocenters. The molecule has 120 valence electrons. The van der Waals surface area contributed by atoms with Gasteiger partial charge >= 0.3 is 0 Å². The highest BCUT2D eigenvalue weighted by molar-refractivity contribution is 7.89. The van der Waals surface area contributed by atoms with Crippen LogP contribution >= 0.6 is 0 Å². The van der Waals surface area contributed by atoms with Crippen molar-refractivity contribution in [2.75, 3.05) is 19.8 Å². The van der Waals surface area contributed by atoms with E-state index in [9.17, 15) is 8.42 Å². The highest BCUT2D eigenvalue weighted by Gasteiger charge is 2.22. The maximum absolute atomic E-state index is 12.5. The number of aryl methyl sites for hydroxylation is 1. The van der Waals surface area contributed by atoms with Crippen molar-refractivity contribution in [3.05, 3.63) is 17.7 Å². The van der Waals surface area contributed by atoms with Gasteiger partial charge in [-0.05, 0) is 38.3 Å². The van der Waals surface area contributed by atoms with Crippen LogP contribution in [0.5, 0.6) is 11.5 Å². The average Bonchev–Trinajstić information content (AvgIpc) is 2.40. The Balaban J connectivity index is 3.26. The van der Waals surface area contributed by atoms with Gasteiger partial charge in [-0.15, -0.1) is 0 Å². The van der Waals surface area contributed by atoms with Crippen molar-refractivity contribution < 1.29 is 17.9 Å². The van der Waals surface area contributed by atoms with Crippen molar-refractivity contribution in [1.29, 1.82) is 0 Å². The second-order valence-corrected chi connectivity index (χ2v) is 6.91. The molecule has 0 saturated carbocycles. The lowest BCUT2D eigenvalue weighted by atomic mass is 10.2. The van der Waals surface area contributed by atoms with E-state index < -0.39 is 10.0 Å². The minimum atomic E-state index is -3.62. The van der Waals surface area contributed by atoms with E-state index in [1.807, 2.05) is 34.6 Å². The zero-order valence-electron chi connectivity index (χ0n) is 13.4. The monoisotopic (exact) mass is 315 g/mol. The average molecular weight is 315 g/mol. The summed E-state index contributed by atoms with van der Waals surface area (Å²) in [5, 5.41) is 0. The van der Waals surface area contributed by atoms with Crippen molar-refractivity contribution in [3.8, 4) is 11.5 Å². The summed E-state index contributed by atoms with van der Waals surface area (Å²) >= 11 is 0. The Morgan fingerprint density at radius 2 is 1.67 bits per heavy atom. The van der Waals surface area contributed by atoms with Crippen molar-refractivity contribution in [1.82, 2.24) is 4.72 Å². The molecule has 0 saturated heterocycles. The second-order valence-electron chi connectivity index (χ2n) is 5.18. The molecule has 1 N–H and O–H groups in total. The van der Waals surface area contributed by atoms with Crippen LogP contribution in [0.15, 0.2) is 17.0 Å². The smallest absolute Gasteiger partial charge is 0.244 e. The van der Waals surface area contributed by atoms with Crippen LogP contribution in [0.4, 0.5) is 0 Å². The lowest BCUT2D eigenvalue weighted by Gasteiger charge is -2.16. The molecule has 0 aliphatic carbocycles. The van der Waals surface area contributed by atoms with Crippen molar-refractivity contribution in [3.63, 3.8) is 0 Å². The summed E-state index contributed by atoms with van der Waals surface area (Å²) in [5.74, 6) is 1.15. The Kier molecular flexibility index (Phi) is 6.48. The van der Waals surface area contributed by atoms with Crippen LogP contribution in [0.25, 0.3) is 0 Å². The number of rotatable bonds is 8. The minimum Gasteiger partial charge on any atom is -0.494 e. The Hall–Kier alpha value is -1.27. The SMILES string of the molecule is CCOc1cc(S(=O)(=O)NCC(C)C)c(OCC)cc1C. The van der Waals surface area contributed by atoms with E-state index in [4.69, 9.17) is 9.47 Å². The lowest BCUT2D eigenvalue weighted by molar-refractivity contribution is 0.320. The first-order valence-electron chi connectivity index (χ1n) is 7.21. The zero-order chi connectivity index (χ0) is 16.0. The Bertz CT molecular complexity index is 567. The molecule has 0 unspecified atom stereocenters. The number of benzene rings is 1. The number of hydrogen-bond acceptors (Lipinski definition) is 4. The highest BCUT2D eigenvalue weighted by atomic mass is 32.2. The predicted octanol–water partition coefficient (Wildman–Crippen LogP) is 2.73. The summed E-state index contributed by atoms with van der Waals surface area (Å²) < 4.78 is 38.5. The molecule has 6 heteroatoms. The molecule has 0 bridgehead atoms. The fraction of sp³-hybridized carbons (Fsp3) is 0.600. The molecule has 0 radical (unpaired) electrons. The maximum Gasteiger partial charge on any atom is 0.244 e. The van der Waals surface area contributed by atoms with Gasteiger partial charge in [0.05, 0.1) is 13.2 Å². The molecule has 1 aromatic rings. The lowest BCUT2D eigenvalue weighted by Crippen LogP contribution is -2.28. The van der Waals surface area contributed by atoms with Gasteiger partial charge in [-0.1, -0.05) is 13.8 Å². The molecular formula is C15H25NO4S. The van der Waals surface area contributed by atoms with Crippen molar-refractivity contribution in [2.45, 2.75) is 39.5 Å². The van der Waals surface area contributed by atoms with Crippen LogP contribution in [0.3, 0.4) is 0 Å². The van der Waals surface area contributed by atoms with Gasteiger partial charge in [0.1, 0.15) is 16.4 Å². The third kappa shape index (κ3) is 4.89. The third-order valence-electron chi connectivity index (χ3n) is 2.81. The Morgan fingerprint density at radius 3 is 2.19 bits per heavy atom. The van der Waals surface area contributed by atoms with Gasteiger partial charge in [0.2, 0.25) is 10.0 Å². The molecule has 0 aliphatic heterocycles. The minimum absolute atomic E-state index is 0.124. The van der Waals surface area contributed by atoms with Crippen LogP contribution in [0.2, 0.25) is 0 Å². The molecule has 1 aromatic carbocycles. The summed E-state index contributed by atoms with van der Waals surface area (Å²) in [6, 6.07) is 3.24. The van der Waals surface area contributed by atoms with Crippen LogP contribution in [-0.2, 0) is 10.0 Å². The molecule has 1 rings (SSSR count). The fourth-order valence-corrected chi connectivity index (χ4v) is 3.14. The van der Waals surface area contributed by atoms with Gasteiger partial charge in [0.15, 0.2) is 0 Å². The van der Waals surface area contributed by atoms with E-state index in [-0.39, 0.29) is 10.8 Å². The van der Waals surface area contributed by atoms with Gasteiger partial charge < -0.3 is 9.47 Å². The van der Waals surface area contributed by atoms with Crippen LogP contribution in [0, 0.1) is 12.8 Å². The van der Waals surface area contributed by atoms with E-state index in [2.05, 4.69) is 4.72 Å². The van der Waals surface area contributed by atoms with Gasteiger partial charge in [0.25, 0.3) is 0 Å². The van der Waals surface area contributed by atoms with Gasteiger partial charge in [0, 0.05) is 12.6 Å². The summed E-state index contributed by atoms with van der Waals surface area (Å²) in [6.07, 6.45) is 0. The highest BCUT2D eigenvalue weighted by Crippen LogP contribution is 2.32. The number of hydrogen-bond donors (Lipinski definition) is 1. The zero-order valence-corrected chi connectivity index (χ0v) is 14.2. The summed E-state index contributed by atoms with van der Waals surface area (Å²) in [4.78, 5) is 0.124. The summed E-state index contributed by atoms with van der Waals surface area (Å²) in [7, 11) is -3.62. The molecule has 0 aromatic heterocycles. The van der Waals surface area contributed by atoms with Crippen molar-refractivity contribution in [2.24, 2.45) is 5.92 Å². The van der Waals surface area contributed by atoms with Crippen LogP contribution in [0.1, 0.15) is 33.3 Å². The molecule has 0 aliphatic rings. The fourth-order valence-electron chi connectivity index (χ4n) is 1.79. The van der Waals surface area contributed by atoms with E-state index in [1.54, 1.807) is 6.07 Å². The quantitative estimate of drug-likeness (QED) is 0.801. The summed E-state index contributed by atoms with van der Waals surface area (Å²) in [6.45, 7) is 10.7.